The summed E-state index contributed by atoms with van der Waals surface area (Å²) >= 11 is 0. The first-order valence-corrected chi connectivity index (χ1v) is 12.8. The molecule has 1 aliphatic heterocycles. The summed E-state index contributed by atoms with van der Waals surface area (Å²) in [5, 5.41) is 0. The van der Waals surface area contributed by atoms with Crippen LogP contribution < -0.4 is 9.46 Å². The number of ether oxygens (including phenoxy) is 1. The first kappa shape index (κ1) is 25.5. The Morgan fingerprint density at radius 3 is 2.30 bits per heavy atom. The molecule has 0 radical (unpaired) electrons. The number of halogens is 3. The van der Waals surface area contributed by atoms with Crippen molar-refractivity contribution in [3.63, 3.8) is 0 Å². The van der Waals surface area contributed by atoms with Gasteiger partial charge in [-0.1, -0.05) is 30.3 Å². The Morgan fingerprint density at radius 2 is 1.76 bits per heavy atom. The quantitative estimate of drug-likeness (QED) is 0.600. The molecule has 1 atom stereocenters. The van der Waals surface area contributed by atoms with Gasteiger partial charge in [0.2, 0.25) is 15.9 Å². The van der Waals surface area contributed by atoms with Crippen LogP contribution in [0.3, 0.4) is 0 Å². The predicted octanol–water partition coefficient (Wildman–Crippen LogP) is 4.40. The summed E-state index contributed by atoms with van der Waals surface area (Å²) in [5.41, 5.74) is 1.77. The number of alkyl halides is 3. The smallest absolute Gasteiger partial charge is 0.408 e. The van der Waals surface area contributed by atoms with Crippen molar-refractivity contribution in [2.75, 3.05) is 19.3 Å². The highest BCUT2D eigenvalue weighted by Crippen LogP contribution is 2.34. The number of nitrogens with one attached hydrogen (secondary N) is 1. The number of aromatic nitrogens is 1. The Bertz CT molecular complexity index is 1020. The van der Waals surface area contributed by atoms with Crippen LogP contribution in [0.15, 0.2) is 42.5 Å². The molecule has 1 aromatic heterocycles. The summed E-state index contributed by atoms with van der Waals surface area (Å²) in [6.07, 6.45) is -2.07. The first-order valence-electron chi connectivity index (χ1n) is 10.9. The van der Waals surface area contributed by atoms with Crippen molar-refractivity contribution in [1.29, 1.82) is 0 Å². The molecule has 0 amide bonds. The minimum atomic E-state index is -4.72. The van der Waals surface area contributed by atoms with E-state index >= 15 is 0 Å². The third kappa shape index (κ3) is 7.68. The van der Waals surface area contributed by atoms with Crippen LogP contribution in [0.1, 0.15) is 55.5 Å². The molecule has 1 N–H and O–H groups in total. The van der Waals surface area contributed by atoms with Gasteiger partial charge >= 0.3 is 6.18 Å². The molecule has 0 bridgehead atoms. The van der Waals surface area contributed by atoms with Gasteiger partial charge in [0, 0.05) is 24.2 Å². The molecular weight excluding hydrogens is 455 g/mol. The largest absolute Gasteiger partial charge is 0.475 e. The lowest BCUT2D eigenvalue weighted by atomic mass is 9.92. The SMILES string of the molecule is CC(C)Oc1cccc(C2CCN(Cc3ccc([C@H](NS(C)(=O)=O)C(F)(F)F)cc3)CC2)n1. The minimum Gasteiger partial charge on any atom is -0.475 e. The molecule has 33 heavy (non-hydrogen) atoms. The molecular formula is C23H30F3N3O3S. The van der Waals surface area contributed by atoms with Crippen molar-refractivity contribution >= 4 is 10.0 Å². The lowest BCUT2D eigenvalue weighted by Gasteiger charge is -2.32. The van der Waals surface area contributed by atoms with E-state index in [2.05, 4.69) is 9.88 Å². The second-order valence-electron chi connectivity index (χ2n) is 8.72. The summed E-state index contributed by atoms with van der Waals surface area (Å²) < 4.78 is 70.0. The van der Waals surface area contributed by atoms with E-state index in [1.165, 1.54) is 12.1 Å². The zero-order valence-corrected chi connectivity index (χ0v) is 19.8. The van der Waals surface area contributed by atoms with Crippen LogP contribution in [-0.4, -0.2) is 49.9 Å². The number of likely N-dealkylation sites (tertiary alicyclic amines) is 1. The molecule has 0 spiro atoms. The van der Waals surface area contributed by atoms with Crippen LogP contribution in [-0.2, 0) is 16.6 Å². The highest BCUT2D eigenvalue weighted by Gasteiger charge is 2.42. The first-order chi connectivity index (χ1) is 15.4. The molecule has 2 aromatic rings. The third-order valence-corrected chi connectivity index (χ3v) is 6.15. The van der Waals surface area contributed by atoms with Crippen LogP contribution in [0.25, 0.3) is 0 Å². The van der Waals surface area contributed by atoms with E-state index in [4.69, 9.17) is 4.74 Å². The topological polar surface area (TPSA) is 71.5 Å². The molecule has 6 nitrogen and oxygen atoms in total. The maximum atomic E-state index is 13.3. The lowest BCUT2D eigenvalue weighted by Crippen LogP contribution is -2.37. The molecule has 0 aliphatic carbocycles. The fourth-order valence-electron chi connectivity index (χ4n) is 3.96. The Kier molecular flexibility index (Phi) is 8.02. The van der Waals surface area contributed by atoms with Gasteiger partial charge in [0.1, 0.15) is 6.04 Å². The fraction of sp³-hybridized carbons (Fsp3) is 0.522. The Labute approximate surface area is 193 Å². The summed E-state index contributed by atoms with van der Waals surface area (Å²) in [7, 11) is -4.02. The van der Waals surface area contributed by atoms with Gasteiger partial charge in [0.15, 0.2) is 0 Å². The van der Waals surface area contributed by atoms with E-state index < -0.39 is 22.2 Å². The van der Waals surface area contributed by atoms with Crippen LogP contribution in [0.2, 0.25) is 0 Å². The number of hydrogen-bond donors (Lipinski definition) is 1. The number of rotatable bonds is 8. The van der Waals surface area contributed by atoms with Crippen molar-refractivity contribution < 1.29 is 26.3 Å². The monoisotopic (exact) mass is 485 g/mol. The lowest BCUT2D eigenvalue weighted by molar-refractivity contribution is -0.153. The van der Waals surface area contributed by atoms with Gasteiger partial charge in [-0.05, 0) is 57.0 Å². The van der Waals surface area contributed by atoms with Gasteiger partial charge in [0.25, 0.3) is 0 Å². The molecule has 0 saturated carbocycles. The number of nitrogens with zero attached hydrogens (tertiary/aromatic N) is 2. The average Bonchev–Trinajstić information content (AvgIpc) is 2.72. The molecule has 1 aliphatic rings. The van der Waals surface area contributed by atoms with Gasteiger partial charge < -0.3 is 4.74 Å². The maximum Gasteiger partial charge on any atom is 0.408 e. The van der Waals surface area contributed by atoms with Gasteiger partial charge in [-0.15, -0.1) is 0 Å². The van der Waals surface area contributed by atoms with Crippen molar-refractivity contribution in [3.05, 3.63) is 59.3 Å². The predicted molar refractivity (Wildman–Crippen MR) is 120 cm³/mol. The molecule has 1 fully saturated rings. The van der Waals surface area contributed by atoms with Crippen molar-refractivity contribution in [3.8, 4) is 5.88 Å². The second kappa shape index (κ2) is 10.4. The molecule has 182 valence electrons. The third-order valence-electron chi connectivity index (χ3n) is 5.49. The van der Waals surface area contributed by atoms with Gasteiger partial charge in [-0.2, -0.15) is 17.9 Å². The van der Waals surface area contributed by atoms with Crippen LogP contribution in [0.4, 0.5) is 13.2 Å². The van der Waals surface area contributed by atoms with Crippen molar-refractivity contribution in [2.45, 2.75) is 57.5 Å². The van der Waals surface area contributed by atoms with Crippen molar-refractivity contribution in [2.24, 2.45) is 0 Å². The molecule has 0 unspecified atom stereocenters. The maximum absolute atomic E-state index is 13.3. The molecule has 2 heterocycles. The van der Waals surface area contributed by atoms with E-state index in [9.17, 15) is 21.6 Å². The number of sulfonamides is 1. The second-order valence-corrected chi connectivity index (χ2v) is 10.5. The molecule has 3 rings (SSSR count). The van der Waals surface area contributed by atoms with Crippen LogP contribution >= 0.6 is 0 Å². The number of benzene rings is 1. The van der Waals surface area contributed by atoms with E-state index in [1.807, 2.05) is 32.0 Å². The van der Waals surface area contributed by atoms with E-state index in [0.717, 1.165) is 37.2 Å². The number of hydrogen-bond acceptors (Lipinski definition) is 5. The summed E-state index contributed by atoms with van der Waals surface area (Å²) in [5.74, 6) is 0.974. The van der Waals surface area contributed by atoms with Crippen molar-refractivity contribution in [1.82, 2.24) is 14.6 Å². The number of piperidine rings is 1. The molecule has 10 heteroatoms. The number of pyridine rings is 1. The Hall–Kier alpha value is -2.17. The molecule has 1 saturated heterocycles. The highest BCUT2D eigenvalue weighted by molar-refractivity contribution is 7.88. The van der Waals surface area contributed by atoms with E-state index in [0.29, 0.717) is 24.6 Å². The Balaban J connectivity index is 1.59. The normalized spacial score (nSPS) is 17.3. The van der Waals surface area contributed by atoms with Crippen LogP contribution in [0, 0.1) is 0 Å². The van der Waals surface area contributed by atoms with Gasteiger partial charge in [-0.25, -0.2) is 13.4 Å². The van der Waals surface area contributed by atoms with Crippen LogP contribution in [0.5, 0.6) is 5.88 Å². The van der Waals surface area contributed by atoms with Gasteiger partial charge in [0.05, 0.1) is 12.4 Å². The summed E-state index contributed by atoms with van der Waals surface area (Å²) in [6, 6.07) is 9.49. The van der Waals surface area contributed by atoms with Gasteiger partial charge in [-0.3, -0.25) is 4.90 Å². The zero-order valence-electron chi connectivity index (χ0n) is 19.0. The minimum absolute atomic E-state index is 0.0644. The molecule has 1 aromatic carbocycles. The van der Waals surface area contributed by atoms with E-state index in [-0.39, 0.29) is 11.7 Å². The van der Waals surface area contributed by atoms with E-state index in [1.54, 1.807) is 16.9 Å². The summed E-state index contributed by atoms with van der Waals surface area (Å²) in [4.78, 5) is 6.90. The average molecular weight is 486 g/mol. The zero-order chi connectivity index (χ0) is 24.2. The Morgan fingerprint density at radius 1 is 1.12 bits per heavy atom. The summed E-state index contributed by atoms with van der Waals surface area (Å²) in [6.45, 7) is 6.25. The fourth-order valence-corrected chi connectivity index (χ4v) is 4.66. The standard InChI is InChI=1S/C23H30F3N3O3S/c1-16(2)32-21-6-4-5-20(27-21)18-11-13-29(14-12-18)15-17-7-9-19(10-8-17)22(23(24,25)26)28-33(3,30)31/h4-10,16,18,22,28H,11-15H2,1-3H3/t22-/m0/s1. The highest BCUT2D eigenvalue weighted by atomic mass is 32.2.